The molecule has 6 nitrogen and oxygen atoms in total. The number of nitrogens with zero attached hydrogens (tertiary/aromatic N) is 2. The molecule has 1 amide bonds. The predicted octanol–water partition coefficient (Wildman–Crippen LogP) is 0.965. The molecule has 22 heavy (non-hydrogen) atoms. The maximum atomic E-state index is 12.5. The number of hydrogen-bond acceptors (Lipinski definition) is 5. The fourth-order valence-electron chi connectivity index (χ4n) is 3.12. The van der Waals surface area contributed by atoms with E-state index in [4.69, 9.17) is 4.74 Å². The van der Waals surface area contributed by atoms with Crippen LogP contribution in [0.2, 0.25) is 0 Å². The Bertz CT molecular complexity index is 528. The second kappa shape index (κ2) is 6.60. The van der Waals surface area contributed by atoms with Crippen molar-refractivity contribution in [1.29, 1.82) is 0 Å². The van der Waals surface area contributed by atoms with Crippen LogP contribution in [-0.2, 0) is 16.1 Å². The second-order valence-corrected chi connectivity index (χ2v) is 7.11. The lowest BCUT2D eigenvalue weighted by Gasteiger charge is -2.24. The molecule has 2 aliphatic heterocycles. The van der Waals surface area contributed by atoms with Crippen molar-refractivity contribution in [3.63, 3.8) is 0 Å². The molecule has 1 aromatic heterocycles. The highest BCUT2D eigenvalue weighted by Gasteiger charge is 2.38. The van der Waals surface area contributed by atoms with Crippen LogP contribution in [0.4, 0.5) is 0 Å². The number of hydrogen-bond donors (Lipinski definition) is 2. The van der Waals surface area contributed by atoms with Crippen LogP contribution in [0.25, 0.3) is 0 Å². The number of amides is 1. The molecule has 1 unspecified atom stereocenters. The summed E-state index contributed by atoms with van der Waals surface area (Å²) >= 11 is 1.73. The Kier molecular flexibility index (Phi) is 4.75. The van der Waals surface area contributed by atoms with Crippen molar-refractivity contribution in [2.45, 2.75) is 38.0 Å². The Labute approximate surface area is 134 Å². The molecule has 2 saturated heterocycles. The molecule has 2 fully saturated rings. The van der Waals surface area contributed by atoms with Crippen LogP contribution < -0.4 is 5.32 Å². The number of aliphatic hydroxyl groups is 1. The molecule has 2 N–H and O–H groups in total. The van der Waals surface area contributed by atoms with Crippen LogP contribution >= 0.6 is 11.8 Å². The van der Waals surface area contributed by atoms with Crippen LogP contribution in [0.1, 0.15) is 31.6 Å². The van der Waals surface area contributed by atoms with E-state index in [1.54, 1.807) is 18.0 Å². The van der Waals surface area contributed by atoms with Crippen molar-refractivity contribution in [1.82, 2.24) is 15.1 Å². The number of carbonyl (C=O) groups excluding carboxylic acids is 1. The lowest BCUT2D eigenvalue weighted by molar-refractivity contribution is -0.128. The minimum Gasteiger partial charge on any atom is -0.387 e. The van der Waals surface area contributed by atoms with Gasteiger partial charge in [-0.2, -0.15) is 16.9 Å². The van der Waals surface area contributed by atoms with Gasteiger partial charge >= 0.3 is 0 Å². The van der Waals surface area contributed by atoms with Gasteiger partial charge in [0.15, 0.2) is 0 Å². The molecule has 0 aliphatic carbocycles. The van der Waals surface area contributed by atoms with Crippen molar-refractivity contribution in [3.8, 4) is 0 Å². The minimum atomic E-state index is -0.750. The molecule has 3 rings (SSSR count). The van der Waals surface area contributed by atoms with Crippen LogP contribution in [0.5, 0.6) is 0 Å². The fourth-order valence-corrected chi connectivity index (χ4v) is 4.41. The maximum Gasteiger partial charge on any atom is 0.226 e. The summed E-state index contributed by atoms with van der Waals surface area (Å²) in [4.78, 5) is 12.5. The Morgan fingerprint density at radius 1 is 1.68 bits per heavy atom. The van der Waals surface area contributed by atoms with E-state index in [2.05, 4.69) is 10.4 Å². The highest BCUT2D eigenvalue weighted by molar-refractivity contribution is 7.99. The van der Waals surface area contributed by atoms with Gasteiger partial charge in [0.2, 0.25) is 5.91 Å². The van der Waals surface area contributed by atoms with E-state index in [9.17, 15) is 9.90 Å². The van der Waals surface area contributed by atoms with Crippen LogP contribution in [-0.4, -0.2) is 51.1 Å². The van der Waals surface area contributed by atoms with Gasteiger partial charge in [0, 0.05) is 31.6 Å². The lowest BCUT2D eigenvalue weighted by atomic mass is 9.97. The Hall–Kier alpha value is -1.05. The zero-order chi connectivity index (χ0) is 15.6. The van der Waals surface area contributed by atoms with Crippen molar-refractivity contribution in [2.24, 2.45) is 5.92 Å². The fraction of sp³-hybridized carbons (Fsp3) is 0.733. The molecule has 0 saturated carbocycles. The van der Waals surface area contributed by atoms with E-state index in [1.807, 2.05) is 17.7 Å². The molecule has 3 heterocycles. The summed E-state index contributed by atoms with van der Waals surface area (Å²) in [7, 11) is 0. The zero-order valence-electron chi connectivity index (χ0n) is 12.8. The van der Waals surface area contributed by atoms with Crippen LogP contribution in [0, 0.1) is 5.92 Å². The second-order valence-electron chi connectivity index (χ2n) is 6.00. The number of aromatic nitrogens is 2. The average molecular weight is 325 g/mol. The van der Waals surface area contributed by atoms with E-state index < -0.39 is 5.60 Å². The molecule has 122 valence electrons. The third kappa shape index (κ3) is 3.16. The van der Waals surface area contributed by atoms with E-state index in [0.717, 1.165) is 24.4 Å². The number of ether oxygens (including phenoxy) is 1. The first-order valence-electron chi connectivity index (χ1n) is 7.84. The lowest BCUT2D eigenvalue weighted by Crippen LogP contribution is -2.45. The molecule has 7 heteroatoms. The quantitative estimate of drug-likeness (QED) is 0.843. The highest BCUT2D eigenvalue weighted by atomic mass is 32.2. The van der Waals surface area contributed by atoms with E-state index in [-0.39, 0.29) is 17.9 Å². The summed E-state index contributed by atoms with van der Waals surface area (Å²) in [6.45, 7) is 3.69. The number of rotatable bonds is 5. The number of nitrogens with one attached hydrogen (secondary N) is 1. The summed E-state index contributed by atoms with van der Waals surface area (Å²) in [5.41, 5.74) is 0.204. The Balaban J connectivity index is 1.64. The van der Waals surface area contributed by atoms with Crippen molar-refractivity contribution in [2.75, 3.05) is 24.7 Å². The van der Waals surface area contributed by atoms with E-state index >= 15 is 0 Å². The highest BCUT2D eigenvalue weighted by Crippen LogP contribution is 2.35. The largest absolute Gasteiger partial charge is 0.387 e. The third-order valence-electron chi connectivity index (χ3n) is 4.44. The molecule has 1 aromatic rings. The van der Waals surface area contributed by atoms with Gasteiger partial charge in [-0.3, -0.25) is 9.48 Å². The maximum absolute atomic E-state index is 12.5. The predicted molar refractivity (Wildman–Crippen MR) is 84.6 cm³/mol. The van der Waals surface area contributed by atoms with E-state index in [1.165, 1.54) is 0 Å². The summed E-state index contributed by atoms with van der Waals surface area (Å²) in [6.07, 6.45) is 2.95. The Morgan fingerprint density at radius 2 is 2.55 bits per heavy atom. The standard InChI is InChI=1S/C15H23N3O3S/c1-2-18-12(3-6-17-18)13-11(4-7-21-13)14(19)16-9-15(20)5-8-22-10-15/h3,6,11,13,20H,2,4-5,7-10H2,1H3,(H,16,19)/t11-,13-,15?/m1/s1. The van der Waals surface area contributed by atoms with Gasteiger partial charge in [0.1, 0.15) is 6.10 Å². The monoisotopic (exact) mass is 325 g/mol. The van der Waals surface area contributed by atoms with E-state index in [0.29, 0.717) is 25.3 Å². The molecule has 0 aromatic carbocycles. The van der Waals surface area contributed by atoms with Gasteiger partial charge in [0.25, 0.3) is 0 Å². The van der Waals surface area contributed by atoms with Crippen molar-refractivity contribution >= 4 is 17.7 Å². The first kappa shape index (κ1) is 15.8. The van der Waals surface area contributed by atoms with Gasteiger partial charge in [-0.1, -0.05) is 0 Å². The van der Waals surface area contributed by atoms with Gasteiger partial charge < -0.3 is 15.2 Å². The zero-order valence-corrected chi connectivity index (χ0v) is 13.6. The van der Waals surface area contributed by atoms with Crippen LogP contribution in [0.15, 0.2) is 12.3 Å². The normalized spacial score (nSPS) is 31.5. The van der Waals surface area contributed by atoms with Gasteiger partial charge in [-0.05, 0) is 31.6 Å². The summed E-state index contributed by atoms with van der Waals surface area (Å²) in [5.74, 6) is 1.41. The molecule has 0 bridgehead atoms. The molecular formula is C15H23N3O3S. The van der Waals surface area contributed by atoms with Gasteiger partial charge in [-0.25, -0.2) is 0 Å². The van der Waals surface area contributed by atoms with Crippen LogP contribution in [0.3, 0.4) is 0 Å². The third-order valence-corrected chi connectivity index (χ3v) is 5.68. The van der Waals surface area contributed by atoms with Gasteiger partial charge in [-0.15, -0.1) is 0 Å². The number of aryl methyl sites for hydroxylation is 1. The Morgan fingerprint density at radius 3 is 3.27 bits per heavy atom. The molecule has 3 atom stereocenters. The summed E-state index contributed by atoms with van der Waals surface area (Å²) in [5, 5.41) is 17.5. The minimum absolute atomic E-state index is 0.0309. The number of thioether (sulfide) groups is 1. The molecular weight excluding hydrogens is 302 g/mol. The first-order valence-corrected chi connectivity index (χ1v) is 8.99. The first-order chi connectivity index (χ1) is 10.6. The van der Waals surface area contributed by atoms with Gasteiger partial charge in [0.05, 0.1) is 17.2 Å². The summed E-state index contributed by atoms with van der Waals surface area (Å²) in [6, 6.07) is 1.92. The molecule has 0 spiro atoms. The van der Waals surface area contributed by atoms with Crippen molar-refractivity contribution in [3.05, 3.63) is 18.0 Å². The SMILES string of the molecule is CCn1nccc1[C@@H]1OCC[C@H]1C(=O)NCC1(O)CCSC1. The molecule has 0 radical (unpaired) electrons. The number of carbonyl (C=O) groups is 1. The smallest absolute Gasteiger partial charge is 0.226 e. The average Bonchev–Trinajstić information content (AvgIpc) is 3.24. The van der Waals surface area contributed by atoms with Crippen molar-refractivity contribution < 1.29 is 14.6 Å². The summed E-state index contributed by atoms with van der Waals surface area (Å²) < 4.78 is 7.65. The topological polar surface area (TPSA) is 76.4 Å². The molecule has 2 aliphatic rings.